The monoisotopic (exact) mass is 505 g/mol. The van der Waals surface area contributed by atoms with E-state index in [4.69, 9.17) is 5.73 Å². The molecule has 13 heteroatoms. The molecular weight excluding hydrogens is 474 g/mol. The molecule has 0 fully saturated rings. The molecule has 1 aromatic heterocycles. The first-order valence-electron chi connectivity index (χ1n) is 11.1. The maximum absolute atomic E-state index is 13.5. The van der Waals surface area contributed by atoms with E-state index in [2.05, 4.69) is 5.32 Å². The summed E-state index contributed by atoms with van der Waals surface area (Å²) >= 11 is 0. The molecule has 2 aromatic rings. The van der Waals surface area contributed by atoms with E-state index < -0.39 is 59.7 Å². The summed E-state index contributed by atoms with van der Waals surface area (Å²) in [4.78, 5) is 61.9. The fourth-order valence-corrected chi connectivity index (χ4v) is 3.81. The van der Waals surface area contributed by atoms with Crippen molar-refractivity contribution < 1.29 is 34.5 Å². The molecule has 0 unspecified atom stereocenters. The average Bonchev–Trinajstić information content (AvgIpc) is 2.99. The molecule has 2 rings (SSSR count). The summed E-state index contributed by atoms with van der Waals surface area (Å²) in [5, 5.41) is 32.9. The molecule has 196 valence electrons. The van der Waals surface area contributed by atoms with E-state index in [-0.39, 0.29) is 12.1 Å². The maximum atomic E-state index is 13.5. The van der Waals surface area contributed by atoms with Crippen LogP contribution in [0.4, 0.5) is 0 Å². The van der Waals surface area contributed by atoms with Crippen LogP contribution in [0.1, 0.15) is 44.0 Å². The Hall–Kier alpha value is -4.13. The molecule has 1 aromatic carbocycles. The summed E-state index contributed by atoms with van der Waals surface area (Å²) in [6.45, 7) is 4.35. The van der Waals surface area contributed by atoms with E-state index >= 15 is 0 Å². The molecule has 0 radical (unpaired) electrons. The highest BCUT2D eigenvalue weighted by atomic mass is 16.4. The lowest BCUT2D eigenvalue weighted by atomic mass is 10.0. The van der Waals surface area contributed by atoms with Gasteiger partial charge in [-0.05, 0) is 17.0 Å². The standard InChI is InChI=1S/C23H31N5O8/c1-12(2)19(22(34)35)27(20(32)16(10-18(30)31)25-13(3)29)28-21(33)17(26(4)23(28)36)9-14-5-7-15(11-24)8-6-14/h5-8,12,16,19,33H,9-11,24H2,1-4H3,(H,25,29)(H,30,31)(H,34,35)/t16-,19-/m0/s1. The number of nitrogens with two attached hydrogens (primary N) is 1. The number of hydrogen-bond donors (Lipinski definition) is 5. The number of carbonyl (C=O) groups is 4. The lowest BCUT2D eigenvalue weighted by Crippen LogP contribution is -2.62. The number of aliphatic carboxylic acids is 2. The van der Waals surface area contributed by atoms with Gasteiger partial charge in [0, 0.05) is 26.9 Å². The number of benzene rings is 1. The quantitative estimate of drug-likeness (QED) is 0.267. The van der Waals surface area contributed by atoms with E-state index in [1.165, 1.54) is 20.9 Å². The first kappa shape index (κ1) is 28.1. The third kappa shape index (κ3) is 6.10. The van der Waals surface area contributed by atoms with Crippen molar-refractivity contribution in [3.05, 3.63) is 51.6 Å². The fourth-order valence-electron chi connectivity index (χ4n) is 3.81. The SMILES string of the molecule is CC(=O)N[C@@H](CC(=O)O)C(=O)N([C@H](C(=O)O)C(C)C)n1c(O)c(Cc2ccc(CN)cc2)n(C)c1=O. The zero-order chi connectivity index (χ0) is 27.3. The number of carbonyl (C=O) groups excluding carboxylic acids is 2. The molecule has 2 amide bonds. The molecule has 6 N–H and O–H groups in total. The van der Waals surface area contributed by atoms with Crippen molar-refractivity contribution in [3.8, 4) is 5.88 Å². The Bertz CT molecular complexity index is 1180. The van der Waals surface area contributed by atoms with Gasteiger partial charge in [0.25, 0.3) is 5.91 Å². The number of aromatic hydroxyl groups is 1. The van der Waals surface area contributed by atoms with E-state index in [0.29, 0.717) is 21.8 Å². The van der Waals surface area contributed by atoms with E-state index in [1.54, 1.807) is 24.3 Å². The van der Waals surface area contributed by atoms with Crippen LogP contribution in [0.15, 0.2) is 29.1 Å². The molecule has 36 heavy (non-hydrogen) atoms. The summed E-state index contributed by atoms with van der Waals surface area (Å²) in [5.74, 6) is -6.32. The minimum Gasteiger partial charge on any atom is -0.492 e. The number of amides is 2. The molecule has 0 aliphatic carbocycles. The van der Waals surface area contributed by atoms with Gasteiger partial charge in [0.2, 0.25) is 11.8 Å². The van der Waals surface area contributed by atoms with Crippen molar-refractivity contribution in [1.29, 1.82) is 0 Å². The minimum absolute atomic E-state index is 0.0567. The van der Waals surface area contributed by atoms with Crippen LogP contribution < -0.4 is 21.7 Å². The minimum atomic E-state index is -1.70. The summed E-state index contributed by atoms with van der Waals surface area (Å²) in [7, 11) is 1.35. The lowest BCUT2D eigenvalue weighted by Gasteiger charge is -2.33. The van der Waals surface area contributed by atoms with Gasteiger partial charge in [0.15, 0.2) is 6.04 Å². The Balaban J connectivity index is 2.70. The maximum Gasteiger partial charge on any atom is 0.350 e. The van der Waals surface area contributed by atoms with Gasteiger partial charge >= 0.3 is 17.6 Å². The number of carboxylic acids is 2. The lowest BCUT2D eigenvalue weighted by molar-refractivity contribution is -0.143. The Labute approximate surface area is 206 Å². The van der Waals surface area contributed by atoms with Gasteiger partial charge < -0.3 is 26.4 Å². The summed E-state index contributed by atoms with van der Waals surface area (Å²) in [5.41, 5.74) is 6.33. The smallest absolute Gasteiger partial charge is 0.350 e. The van der Waals surface area contributed by atoms with Gasteiger partial charge in [-0.25, -0.2) is 14.6 Å². The van der Waals surface area contributed by atoms with Gasteiger partial charge in [0.1, 0.15) is 6.04 Å². The van der Waals surface area contributed by atoms with Crippen molar-refractivity contribution in [2.45, 2.75) is 52.2 Å². The summed E-state index contributed by atoms with van der Waals surface area (Å²) in [6, 6.07) is 3.69. The largest absolute Gasteiger partial charge is 0.492 e. The predicted molar refractivity (Wildman–Crippen MR) is 128 cm³/mol. The van der Waals surface area contributed by atoms with Crippen LogP contribution in [-0.4, -0.2) is 60.4 Å². The first-order chi connectivity index (χ1) is 16.8. The first-order valence-corrected chi connectivity index (χ1v) is 11.1. The van der Waals surface area contributed by atoms with Crippen LogP contribution in [0, 0.1) is 5.92 Å². The topological polar surface area (TPSA) is 197 Å². The zero-order valence-corrected chi connectivity index (χ0v) is 20.5. The number of aromatic nitrogens is 2. The molecule has 2 atom stereocenters. The van der Waals surface area contributed by atoms with Gasteiger partial charge in [0.05, 0.1) is 12.1 Å². The number of nitrogens with zero attached hydrogens (tertiary/aromatic N) is 3. The van der Waals surface area contributed by atoms with Crippen LogP contribution in [0.2, 0.25) is 0 Å². The van der Waals surface area contributed by atoms with Crippen molar-refractivity contribution >= 4 is 23.8 Å². The molecule has 0 saturated carbocycles. The number of hydrogen-bond acceptors (Lipinski definition) is 7. The Morgan fingerprint density at radius 1 is 1.08 bits per heavy atom. The highest BCUT2D eigenvalue weighted by Crippen LogP contribution is 2.23. The van der Waals surface area contributed by atoms with E-state index in [9.17, 15) is 39.3 Å². The third-order valence-corrected chi connectivity index (χ3v) is 5.61. The third-order valence-electron chi connectivity index (χ3n) is 5.61. The molecule has 1 heterocycles. The molecule has 0 bridgehead atoms. The molecule has 0 aliphatic heterocycles. The van der Waals surface area contributed by atoms with Crippen molar-refractivity contribution in [3.63, 3.8) is 0 Å². The van der Waals surface area contributed by atoms with Crippen molar-refractivity contribution in [1.82, 2.24) is 14.6 Å². The highest BCUT2D eigenvalue weighted by Gasteiger charge is 2.41. The molecule has 0 saturated heterocycles. The predicted octanol–water partition coefficient (Wildman–Crippen LogP) is -0.505. The number of carboxylic acid groups (broad SMARTS) is 2. The van der Waals surface area contributed by atoms with Gasteiger partial charge in [-0.2, -0.15) is 4.68 Å². The van der Waals surface area contributed by atoms with Gasteiger partial charge in [-0.15, -0.1) is 0 Å². The molecular formula is C23H31N5O8. The van der Waals surface area contributed by atoms with Crippen LogP contribution >= 0.6 is 0 Å². The van der Waals surface area contributed by atoms with E-state index in [0.717, 1.165) is 17.1 Å². The van der Waals surface area contributed by atoms with Crippen LogP contribution in [0.25, 0.3) is 0 Å². The molecule has 0 aliphatic rings. The van der Waals surface area contributed by atoms with Crippen LogP contribution in [-0.2, 0) is 39.2 Å². The number of rotatable bonds is 11. The second-order valence-corrected chi connectivity index (χ2v) is 8.68. The zero-order valence-electron chi connectivity index (χ0n) is 20.5. The number of nitrogens with one attached hydrogen (secondary N) is 1. The molecule has 0 spiro atoms. The normalized spacial score (nSPS) is 12.7. The Morgan fingerprint density at radius 2 is 1.64 bits per heavy atom. The summed E-state index contributed by atoms with van der Waals surface area (Å²) in [6.07, 6.45) is -0.816. The van der Waals surface area contributed by atoms with E-state index in [1.807, 2.05) is 0 Å². The van der Waals surface area contributed by atoms with Crippen LogP contribution in [0.5, 0.6) is 5.88 Å². The van der Waals surface area contributed by atoms with Crippen molar-refractivity contribution in [2.75, 3.05) is 5.01 Å². The van der Waals surface area contributed by atoms with Gasteiger partial charge in [-0.3, -0.25) is 19.0 Å². The number of imidazole rings is 1. The average molecular weight is 506 g/mol. The van der Waals surface area contributed by atoms with Gasteiger partial charge in [-0.1, -0.05) is 38.1 Å². The highest BCUT2D eigenvalue weighted by molar-refractivity contribution is 5.99. The van der Waals surface area contributed by atoms with Crippen molar-refractivity contribution in [2.24, 2.45) is 18.7 Å². The summed E-state index contributed by atoms with van der Waals surface area (Å²) < 4.78 is 1.58. The fraction of sp³-hybridized carbons (Fsp3) is 0.435. The second-order valence-electron chi connectivity index (χ2n) is 8.68. The second kappa shape index (κ2) is 11.5. The Morgan fingerprint density at radius 3 is 2.08 bits per heavy atom. The van der Waals surface area contributed by atoms with Crippen LogP contribution in [0.3, 0.4) is 0 Å². The molecule has 13 nitrogen and oxygen atoms in total. The Kier molecular flexibility index (Phi) is 9.00.